The highest BCUT2D eigenvalue weighted by Crippen LogP contribution is 2.21. The number of nitrogens with one attached hydrogen (secondary N) is 1. The molecule has 0 fully saturated rings. The first-order valence-electron chi connectivity index (χ1n) is 6.33. The van der Waals surface area contributed by atoms with Gasteiger partial charge in [0.1, 0.15) is 11.6 Å². The number of rotatable bonds is 3. The number of aromatic nitrogens is 2. The van der Waals surface area contributed by atoms with Gasteiger partial charge >= 0.3 is 0 Å². The number of hydrogen-bond donors (Lipinski definition) is 1. The molecule has 0 saturated carbocycles. The molecule has 0 radical (unpaired) electrons. The zero-order chi connectivity index (χ0) is 14.8. The molecule has 1 N–H and O–H groups in total. The van der Waals surface area contributed by atoms with Crippen LogP contribution < -0.4 is 0 Å². The van der Waals surface area contributed by atoms with Gasteiger partial charge < -0.3 is 4.98 Å². The van der Waals surface area contributed by atoms with Gasteiger partial charge in [0, 0.05) is 5.56 Å². The summed E-state index contributed by atoms with van der Waals surface area (Å²) < 4.78 is 13.2. The smallest absolute Gasteiger partial charge is 0.187 e. The fourth-order valence-corrected chi connectivity index (χ4v) is 2.16. The Kier molecular flexibility index (Phi) is 3.20. The van der Waals surface area contributed by atoms with E-state index in [0.717, 1.165) is 11.6 Å². The van der Waals surface area contributed by atoms with E-state index in [1.165, 1.54) is 18.2 Å². The molecule has 0 aliphatic carbocycles. The van der Waals surface area contributed by atoms with Crippen LogP contribution in [0.2, 0.25) is 0 Å². The maximum absolute atomic E-state index is 13.2. The molecule has 0 amide bonds. The molecule has 0 spiro atoms. The third-order valence-corrected chi connectivity index (χ3v) is 3.18. The molecule has 0 saturated heterocycles. The Morgan fingerprint density at radius 1 is 1.24 bits per heavy atom. The van der Waals surface area contributed by atoms with Crippen LogP contribution >= 0.6 is 0 Å². The number of nitriles is 1. The molecule has 1 atom stereocenters. The highest BCUT2D eigenvalue weighted by molar-refractivity contribution is 6.02. The second kappa shape index (κ2) is 5.17. The Morgan fingerprint density at radius 3 is 2.76 bits per heavy atom. The lowest BCUT2D eigenvalue weighted by Crippen LogP contribution is -2.13. The zero-order valence-electron chi connectivity index (χ0n) is 10.9. The van der Waals surface area contributed by atoms with Crippen LogP contribution in [0.25, 0.3) is 11.0 Å². The Morgan fingerprint density at radius 2 is 2.05 bits per heavy atom. The number of halogens is 1. The van der Waals surface area contributed by atoms with Crippen molar-refractivity contribution < 1.29 is 9.18 Å². The van der Waals surface area contributed by atoms with Gasteiger partial charge in [0.2, 0.25) is 0 Å². The molecular weight excluding hydrogens is 269 g/mol. The van der Waals surface area contributed by atoms with Crippen LogP contribution in [0.3, 0.4) is 0 Å². The fourth-order valence-electron chi connectivity index (χ4n) is 2.16. The number of ketones is 1. The number of carbonyl (C=O) groups excluding carboxylic acids is 1. The molecule has 4 nitrogen and oxygen atoms in total. The Hall–Kier alpha value is -3.00. The molecule has 0 bridgehead atoms. The van der Waals surface area contributed by atoms with Crippen molar-refractivity contribution in [1.82, 2.24) is 9.97 Å². The number of carbonyl (C=O) groups is 1. The van der Waals surface area contributed by atoms with E-state index in [2.05, 4.69) is 9.97 Å². The van der Waals surface area contributed by atoms with Gasteiger partial charge in [-0.15, -0.1) is 0 Å². The molecule has 5 heteroatoms. The van der Waals surface area contributed by atoms with Gasteiger partial charge in [0.15, 0.2) is 11.7 Å². The summed E-state index contributed by atoms with van der Waals surface area (Å²) in [5.41, 5.74) is 1.58. The van der Waals surface area contributed by atoms with Crippen molar-refractivity contribution in [3.63, 3.8) is 0 Å². The van der Waals surface area contributed by atoms with Crippen molar-refractivity contribution in [3.05, 3.63) is 65.7 Å². The van der Waals surface area contributed by atoms with E-state index < -0.39 is 17.5 Å². The molecule has 0 aliphatic rings. The van der Waals surface area contributed by atoms with E-state index in [1.807, 2.05) is 24.3 Å². The van der Waals surface area contributed by atoms with E-state index in [-0.39, 0.29) is 11.4 Å². The summed E-state index contributed by atoms with van der Waals surface area (Å²) in [7, 11) is 0. The van der Waals surface area contributed by atoms with Gasteiger partial charge in [-0.25, -0.2) is 9.37 Å². The normalized spacial score (nSPS) is 12.0. The van der Waals surface area contributed by atoms with Gasteiger partial charge in [0.05, 0.1) is 17.1 Å². The molecule has 21 heavy (non-hydrogen) atoms. The zero-order valence-corrected chi connectivity index (χ0v) is 10.9. The maximum atomic E-state index is 13.2. The van der Waals surface area contributed by atoms with Crippen molar-refractivity contribution in [2.45, 2.75) is 5.92 Å². The number of fused-ring (bicyclic) bond motifs is 1. The van der Waals surface area contributed by atoms with Gasteiger partial charge in [0.25, 0.3) is 0 Å². The Bertz CT molecular complexity index is 830. The molecule has 2 aromatic carbocycles. The highest BCUT2D eigenvalue weighted by atomic mass is 19.1. The fraction of sp³-hybridized carbons (Fsp3) is 0.0625. The summed E-state index contributed by atoms with van der Waals surface area (Å²) in [4.78, 5) is 19.6. The lowest BCUT2D eigenvalue weighted by molar-refractivity contribution is 0.0976. The van der Waals surface area contributed by atoms with Gasteiger partial charge in [-0.05, 0) is 24.3 Å². The molecule has 1 aromatic heterocycles. The quantitative estimate of drug-likeness (QED) is 0.748. The van der Waals surface area contributed by atoms with E-state index in [1.54, 1.807) is 6.07 Å². The first-order chi connectivity index (χ1) is 10.2. The van der Waals surface area contributed by atoms with Crippen molar-refractivity contribution in [2.24, 2.45) is 0 Å². The van der Waals surface area contributed by atoms with Gasteiger partial charge in [-0.1, -0.05) is 24.3 Å². The standard InChI is InChI=1S/C16H10FN3O/c17-11-5-3-4-10(8-11)15(21)12(9-18)16-19-13-6-1-2-7-14(13)20-16/h1-8,12H,(H,19,20)/t12-/m0/s1. The molecule has 0 aliphatic heterocycles. The lowest BCUT2D eigenvalue weighted by Gasteiger charge is -2.05. The summed E-state index contributed by atoms with van der Waals surface area (Å²) in [6, 6.07) is 14.5. The van der Waals surface area contributed by atoms with Gasteiger partial charge in [-0.3, -0.25) is 4.79 Å². The van der Waals surface area contributed by atoms with Crippen LogP contribution in [-0.2, 0) is 0 Å². The summed E-state index contributed by atoms with van der Waals surface area (Å²) in [5.74, 6) is -1.80. The van der Waals surface area contributed by atoms with E-state index >= 15 is 0 Å². The molecule has 0 unspecified atom stereocenters. The molecule has 3 rings (SSSR count). The molecule has 1 heterocycles. The predicted molar refractivity (Wildman–Crippen MR) is 75.2 cm³/mol. The molecule has 3 aromatic rings. The molecule has 102 valence electrons. The minimum atomic E-state index is -1.08. The Balaban J connectivity index is 2.02. The van der Waals surface area contributed by atoms with Gasteiger partial charge in [-0.2, -0.15) is 5.26 Å². The van der Waals surface area contributed by atoms with Crippen LogP contribution in [0.1, 0.15) is 22.1 Å². The Labute approximate surface area is 119 Å². The number of imidazole rings is 1. The number of para-hydroxylation sites is 2. The monoisotopic (exact) mass is 279 g/mol. The topological polar surface area (TPSA) is 69.5 Å². The van der Waals surface area contributed by atoms with Crippen molar-refractivity contribution in [1.29, 1.82) is 5.26 Å². The highest BCUT2D eigenvalue weighted by Gasteiger charge is 2.25. The second-order valence-electron chi connectivity index (χ2n) is 4.58. The second-order valence-corrected chi connectivity index (χ2v) is 4.58. The summed E-state index contributed by atoms with van der Waals surface area (Å²) in [6.45, 7) is 0. The van der Waals surface area contributed by atoms with Crippen LogP contribution in [0.5, 0.6) is 0 Å². The lowest BCUT2D eigenvalue weighted by atomic mass is 9.98. The van der Waals surface area contributed by atoms with E-state index in [4.69, 9.17) is 0 Å². The maximum Gasteiger partial charge on any atom is 0.187 e. The van der Waals surface area contributed by atoms with Crippen molar-refractivity contribution in [2.75, 3.05) is 0 Å². The average Bonchev–Trinajstić information content (AvgIpc) is 2.91. The van der Waals surface area contributed by atoms with Crippen LogP contribution in [0.4, 0.5) is 4.39 Å². The first kappa shape index (κ1) is 13.0. The summed E-state index contributed by atoms with van der Waals surface area (Å²) in [6.07, 6.45) is 0. The van der Waals surface area contributed by atoms with Crippen LogP contribution in [0.15, 0.2) is 48.5 Å². The number of hydrogen-bond acceptors (Lipinski definition) is 3. The SMILES string of the molecule is N#C[C@@H](C(=O)c1cccc(F)c1)c1nc2ccccc2[nH]1. The van der Waals surface area contributed by atoms with E-state index in [9.17, 15) is 14.4 Å². The van der Waals surface area contributed by atoms with Crippen LogP contribution in [-0.4, -0.2) is 15.8 Å². The largest absolute Gasteiger partial charge is 0.340 e. The number of nitrogens with zero attached hydrogens (tertiary/aromatic N) is 2. The minimum absolute atomic E-state index is 0.155. The van der Waals surface area contributed by atoms with Crippen LogP contribution in [0, 0.1) is 17.1 Å². The number of H-pyrrole nitrogens is 1. The predicted octanol–water partition coefficient (Wildman–Crippen LogP) is 3.19. The van der Waals surface area contributed by atoms with E-state index in [0.29, 0.717) is 5.52 Å². The first-order valence-corrected chi connectivity index (χ1v) is 6.33. The molecular formula is C16H10FN3O. The summed E-state index contributed by atoms with van der Waals surface area (Å²) >= 11 is 0. The minimum Gasteiger partial charge on any atom is -0.340 e. The number of Topliss-reactive ketones (excluding diaryl/α,β-unsaturated/α-hetero) is 1. The number of benzene rings is 2. The third kappa shape index (κ3) is 2.39. The number of aromatic amines is 1. The van der Waals surface area contributed by atoms with Crippen molar-refractivity contribution >= 4 is 16.8 Å². The average molecular weight is 279 g/mol. The summed E-state index contributed by atoms with van der Waals surface area (Å²) in [5, 5.41) is 9.28. The third-order valence-electron chi connectivity index (χ3n) is 3.18. The van der Waals surface area contributed by atoms with Crippen molar-refractivity contribution in [3.8, 4) is 6.07 Å².